The number of aryl methyl sites for hydroxylation is 1. The van der Waals surface area contributed by atoms with E-state index in [2.05, 4.69) is 17.6 Å². The Morgan fingerprint density at radius 3 is 2.18 bits per heavy atom. The van der Waals surface area contributed by atoms with E-state index < -0.39 is 23.8 Å². The molecule has 2 aromatic rings. The Balaban J connectivity index is 2.56. The molecule has 0 bridgehead atoms. The fraction of sp³-hybridized carbons (Fsp3) is 0.531. The molecule has 2 N–H and O–H groups in total. The predicted octanol–water partition coefficient (Wildman–Crippen LogP) is 6.02. The Labute approximate surface area is 234 Å². The molecule has 39 heavy (non-hydrogen) atoms. The lowest BCUT2D eigenvalue weighted by Crippen LogP contribution is -2.54. The molecule has 7 nitrogen and oxygen atoms in total. The SMILES string of the molecule is CCCC(C)NC(=O)C(c1cccc(C)c1C)N(CCC)C(=O)C(Cc1ccccc1)NC(=O)OC(C)(C)C. The van der Waals surface area contributed by atoms with E-state index >= 15 is 0 Å². The first kappa shape index (κ1) is 31.9. The minimum Gasteiger partial charge on any atom is -0.444 e. The minimum absolute atomic E-state index is 0.0336. The van der Waals surface area contributed by atoms with Gasteiger partial charge in [-0.25, -0.2) is 4.79 Å². The summed E-state index contributed by atoms with van der Waals surface area (Å²) in [5.41, 5.74) is 2.98. The summed E-state index contributed by atoms with van der Waals surface area (Å²) in [6.07, 6.45) is 2.02. The summed E-state index contributed by atoms with van der Waals surface area (Å²) in [5.74, 6) is -0.544. The van der Waals surface area contributed by atoms with Crippen LogP contribution in [0.3, 0.4) is 0 Å². The topological polar surface area (TPSA) is 87.7 Å². The zero-order valence-corrected chi connectivity index (χ0v) is 25.0. The lowest BCUT2D eigenvalue weighted by molar-refractivity contribution is -0.142. The van der Waals surface area contributed by atoms with Crippen LogP contribution in [0.5, 0.6) is 0 Å². The van der Waals surface area contributed by atoms with Crippen LogP contribution in [-0.2, 0) is 20.7 Å². The van der Waals surface area contributed by atoms with Gasteiger partial charge in [-0.1, -0.05) is 68.8 Å². The smallest absolute Gasteiger partial charge is 0.408 e. The Morgan fingerprint density at radius 1 is 0.923 bits per heavy atom. The van der Waals surface area contributed by atoms with Gasteiger partial charge in [-0.15, -0.1) is 0 Å². The molecule has 7 heteroatoms. The third-order valence-electron chi connectivity index (χ3n) is 6.63. The second kappa shape index (κ2) is 14.7. The van der Waals surface area contributed by atoms with Crippen molar-refractivity contribution < 1.29 is 19.1 Å². The van der Waals surface area contributed by atoms with E-state index in [1.54, 1.807) is 25.7 Å². The molecule has 0 aliphatic carbocycles. The monoisotopic (exact) mass is 537 g/mol. The van der Waals surface area contributed by atoms with Crippen molar-refractivity contribution in [2.75, 3.05) is 6.54 Å². The number of carbonyl (C=O) groups excluding carboxylic acids is 3. The first-order valence-corrected chi connectivity index (χ1v) is 14.1. The second-order valence-corrected chi connectivity index (χ2v) is 11.3. The van der Waals surface area contributed by atoms with Crippen molar-refractivity contribution in [3.63, 3.8) is 0 Å². The number of ether oxygens (including phenoxy) is 1. The Morgan fingerprint density at radius 2 is 1.59 bits per heavy atom. The Hall–Kier alpha value is -3.35. The molecule has 2 aromatic carbocycles. The maximum absolute atomic E-state index is 14.3. The van der Waals surface area contributed by atoms with Gasteiger partial charge < -0.3 is 20.3 Å². The molecular formula is C32H47N3O4. The van der Waals surface area contributed by atoms with Gasteiger partial charge in [0.2, 0.25) is 11.8 Å². The van der Waals surface area contributed by atoms with Crippen molar-refractivity contribution in [1.82, 2.24) is 15.5 Å². The molecule has 0 spiro atoms. The van der Waals surface area contributed by atoms with Gasteiger partial charge >= 0.3 is 6.09 Å². The molecule has 0 aromatic heterocycles. The highest BCUT2D eigenvalue weighted by Gasteiger charge is 2.37. The van der Waals surface area contributed by atoms with Gasteiger partial charge in [0.25, 0.3) is 0 Å². The number of amides is 3. The average Bonchev–Trinajstić information content (AvgIpc) is 2.85. The number of alkyl carbamates (subject to hydrolysis) is 1. The van der Waals surface area contributed by atoms with Crippen LogP contribution in [0.1, 0.15) is 89.1 Å². The van der Waals surface area contributed by atoms with Gasteiger partial charge in [-0.2, -0.15) is 0 Å². The summed E-state index contributed by atoms with van der Waals surface area (Å²) in [6, 6.07) is 13.6. The standard InChI is InChI=1S/C32H47N3O4/c1-9-15-23(4)33-29(36)28(26-19-14-16-22(3)24(26)5)35(20-10-2)30(37)27(21-25-17-12-11-13-18-25)34-31(38)39-32(6,7)8/h11-14,16-19,23,27-28H,9-10,15,20-21H2,1-8H3,(H,33,36)(H,34,38). The molecule has 0 saturated carbocycles. The number of benzene rings is 2. The maximum Gasteiger partial charge on any atom is 0.408 e. The van der Waals surface area contributed by atoms with Crippen molar-refractivity contribution in [2.45, 2.75) is 105 Å². The second-order valence-electron chi connectivity index (χ2n) is 11.3. The van der Waals surface area contributed by atoms with Gasteiger partial charge in [0.1, 0.15) is 17.7 Å². The first-order chi connectivity index (χ1) is 18.4. The van der Waals surface area contributed by atoms with E-state index in [4.69, 9.17) is 4.74 Å². The molecule has 0 saturated heterocycles. The molecule has 3 amide bonds. The molecule has 0 radical (unpaired) electrons. The zero-order valence-electron chi connectivity index (χ0n) is 25.0. The van der Waals surface area contributed by atoms with Crippen LogP contribution in [-0.4, -0.2) is 47.0 Å². The molecular weight excluding hydrogens is 490 g/mol. The molecule has 0 heterocycles. The van der Waals surface area contributed by atoms with Gasteiger partial charge in [0, 0.05) is 19.0 Å². The van der Waals surface area contributed by atoms with E-state index in [9.17, 15) is 14.4 Å². The first-order valence-electron chi connectivity index (χ1n) is 14.1. The minimum atomic E-state index is -0.915. The van der Waals surface area contributed by atoms with E-state index in [1.807, 2.05) is 76.2 Å². The average molecular weight is 538 g/mol. The van der Waals surface area contributed by atoms with Crippen LogP contribution in [0, 0.1) is 13.8 Å². The predicted molar refractivity (Wildman–Crippen MR) is 156 cm³/mol. The van der Waals surface area contributed by atoms with Gasteiger partial charge in [0.15, 0.2) is 0 Å². The van der Waals surface area contributed by atoms with Gasteiger partial charge in [-0.05, 0) is 76.6 Å². The molecule has 0 fully saturated rings. The van der Waals surface area contributed by atoms with Crippen LogP contribution in [0.15, 0.2) is 48.5 Å². The highest BCUT2D eigenvalue weighted by molar-refractivity contribution is 5.92. The van der Waals surface area contributed by atoms with Crippen LogP contribution in [0.25, 0.3) is 0 Å². The van der Waals surface area contributed by atoms with Crippen molar-refractivity contribution in [3.8, 4) is 0 Å². The van der Waals surface area contributed by atoms with Crippen molar-refractivity contribution in [2.24, 2.45) is 0 Å². The molecule has 2 rings (SSSR count). The fourth-order valence-corrected chi connectivity index (χ4v) is 4.65. The quantitative estimate of drug-likeness (QED) is 0.346. The van der Waals surface area contributed by atoms with Crippen molar-refractivity contribution in [1.29, 1.82) is 0 Å². The highest BCUT2D eigenvalue weighted by Crippen LogP contribution is 2.28. The molecule has 0 aliphatic heterocycles. The van der Waals surface area contributed by atoms with Crippen LogP contribution >= 0.6 is 0 Å². The number of hydrogen-bond acceptors (Lipinski definition) is 4. The summed E-state index contributed by atoms with van der Waals surface area (Å²) < 4.78 is 5.50. The third-order valence-corrected chi connectivity index (χ3v) is 6.63. The third kappa shape index (κ3) is 9.72. The molecule has 214 valence electrons. The molecule has 0 aliphatic rings. The lowest BCUT2D eigenvalue weighted by Gasteiger charge is -2.35. The van der Waals surface area contributed by atoms with E-state index in [-0.39, 0.29) is 24.3 Å². The molecule has 3 atom stereocenters. The summed E-state index contributed by atoms with van der Waals surface area (Å²) >= 11 is 0. The summed E-state index contributed by atoms with van der Waals surface area (Å²) in [4.78, 5) is 42.7. The molecule has 3 unspecified atom stereocenters. The van der Waals surface area contributed by atoms with E-state index in [0.717, 1.165) is 35.1 Å². The zero-order chi connectivity index (χ0) is 29.2. The summed E-state index contributed by atoms with van der Waals surface area (Å²) in [5, 5.41) is 5.94. The Bertz CT molecular complexity index is 1090. The summed E-state index contributed by atoms with van der Waals surface area (Å²) in [7, 11) is 0. The lowest BCUT2D eigenvalue weighted by atomic mass is 9.94. The summed E-state index contributed by atoms with van der Waals surface area (Å²) in [6.45, 7) is 15.7. The number of nitrogens with zero attached hydrogens (tertiary/aromatic N) is 1. The highest BCUT2D eigenvalue weighted by atomic mass is 16.6. The number of carbonyl (C=O) groups is 3. The van der Waals surface area contributed by atoms with Crippen LogP contribution in [0.2, 0.25) is 0 Å². The van der Waals surface area contributed by atoms with E-state index in [0.29, 0.717) is 13.0 Å². The van der Waals surface area contributed by atoms with Crippen LogP contribution in [0.4, 0.5) is 4.79 Å². The van der Waals surface area contributed by atoms with Gasteiger partial charge in [-0.3, -0.25) is 9.59 Å². The largest absolute Gasteiger partial charge is 0.444 e. The van der Waals surface area contributed by atoms with E-state index in [1.165, 1.54) is 0 Å². The number of rotatable bonds is 12. The fourth-order valence-electron chi connectivity index (χ4n) is 4.65. The Kier molecular flexibility index (Phi) is 12.0. The number of nitrogens with one attached hydrogen (secondary N) is 2. The van der Waals surface area contributed by atoms with Gasteiger partial charge in [0.05, 0.1) is 0 Å². The number of hydrogen-bond donors (Lipinski definition) is 2. The van der Waals surface area contributed by atoms with Crippen molar-refractivity contribution in [3.05, 3.63) is 70.8 Å². The normalized spacial score (nSPS) is 13.6. The maximum atomic E-state index is 14.3. The van der Waals surface area contributed by atoms with Crippen molar-refractivity contribution >= 4 is 17.9 Å². The van der Waals surface area contributed by atoms with Crippen LogP contribution < -0.4 is 10.6 Å².